The number of pyridine rings is 1. The second kappa shape index (κ2) is 5.28. The molecule has 1 fully saturated rings. The van der Waals surface area contributed by atoms with E-state index in [1.54, 1.807) is 0 Å². The number of aromatic nitrogens is 3. The number of rotatable bonds is 3. The molecule has 3 heterocycles. The van der Waals surface area contributed by atoms with E-state index in [1.165, 1.54) is 24.3 Å². The maximum atomic E-state index is 5.69. The lowest BCUT2D eigenvalue weighted by Crippen LogP contribution is -2.14. The summed E-state index contributed by atoms with van der Waals surface area (Å²) in [5, 5.41) is 8.56. The first-order valence-electron chi connectivity index (χ1n) is 6.47. The quantitative estimate of drug-likeness (QED) is 0.917. The summed E-state index contributed by atoms with van der Waals surface area (Å²) in [7, 11) is 0. The Hall–Kier alpha value is -1.07. The average Bonchev–Trinajstić information content (AvgIpc) is 2.82. The molecule has 4 nitrogen and oxygen atoms in total. The fraction of sp³-hybridized carbons (Fsp3) is 0.538. The molecule has 0 spiro atoms. The number of hydrogen-bond acceptors (Lipinski definition) is 4. The van der Waals surface area contributed by atoms with Gasteiger partial charge < -0.3 is 5.73 Å². The summed E-state index contributed by atoms with van der Waals surface area (Å²) in [6, 6.07) is 4.01. The van der Waals surface area contributed by atoms with E-state index < -0.39 is 0 Å². The third-order valence-corrected chi connectivity index (χ3v) is 4.63. The SMILES string of the molecule is NCc1ccc2nnc(CC3CCSCC3)n2c1. The first-order chi connectivity index (χ1) is 8.86. The minimum atomic E-state index is 0.563. The first kappa shape index (κ1) is 12.0. The van der Waals surface area contributed by atoms with Crippen LogP contribution in [0, 0.1) is 5.92 Å². The maximum Gasteiger partial charge on any atom is 0.160 e. The van der Waals surface area contributed by atoms with E-state index >= 15 is 0 Å². The van der Waals surface area contributed by atoms with Crippen molar-refractivity contribution in [3.05, 3.63) is 29.7 Å². The number of fused-ring (bicyclic) bond motifs is 1. The molecule has 0 saturated carbocycles. The molecule has 0 unspecified atom stereocenters. The molecule has 0 amide bonds. The molecule has 18 heavy (non-hydrogen) atoms. The van der Waals surface area contributed by atoms with Crippen LogP contribution in [0.1, 0.15) is 24.2 Å². The van der Waals surface area contributed by atoms with Crippen molar-refractivity contribution in [2.24, 2.45) is 11.7 Å². The molecule has 5 heteroatoms. The molecule has 2 aromatic heterocycles. The minimum absolute atomic E-state index is 0.563. The van der Waals surface area contributed by atoms with Crippen molar-refractivity contribution in [3.8, 4) is 0 Å². The van der Waals surface area contributed by atoms with Crippen molar-refractivity contribution in [1.29, 1.82) is 0 Å². The highest BCUT2D eigenvalue weighted by atomic mass is 32.2. The summed E-state index contributed by atoms with van der Waals surface area (Å²) in [6.45, 7) is 0.563. The highest BCUT2D eigenvalue weighted by molar-refractivity contribution is 7.99. The van der Waals surface area contributed by atoms with Gasteiger partial charge in [0.1, 0.15) is 5.82 Å². The molecular formula is C13H18N4S. The lowest BCUT2D eigenvalue weighted by molar-refractivity contribution is 0.474. The molecule has 2 N–H and O–H groups in total. The largest absolute Gasteiger partial charge is 0.326 e. The van der Waals surface area contributed by atoms with E-state index in [0.29, 0.717) is 6.54 Å². The summed E-state index contributed by atoms with van der Waals surface area (Å²) in [5.41, 5.74) is 7.74. The van der Waals surface area contributed by atoms with E-state index in [4.69, 9.17) is 5.73 Å². The van der Waals surface area contributed by atoms with Crippen molar-refractivity contribution in [2.45, 2.75) is 25.8 Å². The second-order valence-electron chi connectivity index (χ2n) is 4.85. The van der Waals surface area contributed by atoms with E-state index in [1.807, 2.05) is 12.1 Å². The van der Waals surface area contributed by atoms with Gasteiger partial charge in [-0.1, -0.05) is 6.07 Å². The summed E-state index contributed by atoms with van der Waals surface area (Å²) < 4.78 is 2.10. The predicted molar refractivity (Wildman–Crippen MR) is 74.6 cm³/mol. The Bertz CT molecular complexity index is 531. The van der Waals surface area contributed by atoms with Gasteiger partial charge in [0.15, 0.2) is 5.65 Å². The third kappa shape index (κ3) is 2.37. The summed E-state index contributed by atoms with van der Waals surface area (Å²) >= 11 is 2.06. The molecule has 0 bridgehead atoms. The Morgan fingerprint density at radius 3 is 2.89 bits per heavy atom. The van der Waals surface area contributed by atoms with E-state index in [2.05, 4.69) is 32.6 Å². The van der Waals surface area contributed by atoms with Crippen molar-refractivity contribution in [2.75, 3.05) is 11.5 Å². The van der Waals surface area contributed by atoms with E-state index in [0.717, 1.165) is 29.4 Å². The van der Waals surface area contributed by atoms with E-state index in [-0.39, 0.29) is 0 Å². The molecule has 0 atom stereocenters. The highest BCUT2D eigenvalue weighted by Gasteiger charge is 2.17. The topological polar surface area (TPSA) is 56.2 Å². The fourth-order valence-corrected chi connectivity index (χ4v) is 3.66. The molecular weight excluding hydrogens is 244 g/mol. The zero-order valence-electron chi connectivity index (χ0n) is 10.4. The summed E-state index contributed by atoms with van der Waals surface area (Å²) in [4.78, 5) is 0. The van der Waals surface area contributed by atoms with Crippen LogP contribution in [0.4, 0.5) is 0 Å². The standard InChI is InChI=1S/C13H18N4S/c14-8-11-1-2-12-15-16-13(17(12)9-11)7-10-3-5-18-6-4-10/h1-2,9-10H,3-8,14H2. The average molecular weight is 262 g/mol. The number of hydrogen-bond donors (Lipinski definition) is 1. The van der Waals surface area contributed by atoms with Crippen LogP contribution in [0.2, 0.25) is 0 Å². The van der Waals surface area contributed by atoms with Gasteiger partial charge in [-0.2, -0.15) is 11.8 Å². The fourth-order valence-electron chi connectivity index (χ4n) is 2.45. The van der Waals surface area contributed by atoms with Crippen LogP contribution in [-0.4, -0.2) is 26.1 Å². The molecule has 3 rings (SSSR count). The Labute approximate surface area is 111 Å². The normalized spacial score (nSPS) is 17.4. The van der Waals surface area contributed by atoms with Gasteiger partial charge in [-0.3, -0.25) is 4.40 Å². The van der Waals surface area contributed by atoms with Gasteiger partial charge in [0, 0.05) is 19.2 Å². The van der Waals surface area contributed by atoms with Gasteiger partial charge in [0.2, 0.25) is 0 Å². The van der Waals surface area contributed by atoms with Gasteiger partial charge >= 0.3 is 0 Å². The van der Waals surface area contributed by atoms with Crippen LogP contribution in [0.5, 0.6) is 0 Å². The molecule has 0 aliphatic carbocycles. The Morgan fingerprint density at radius 2 is 2.11 bits per heavy atom. The van der Waals surface area contributed by atoms with Gasteiger partial charge in [-0.05, 0) is 41.9 Å². The minimum Gasteiger partial charge on any atom is -0.326 e. The molecule has 2 aromatic rings. The number of nitrogens with zero attached hydrogens (tertiary/aromatic N) is 3. The van der Waals surface area contributed by atoms with Crippen LogP contribution in [0.3, 0.4) is 0 Å². The Balaban J connectivity index is 1.86. The second-order valence-corrected chi connectivity index (χ2v) is 6.07. The maximum absolute atomic E-state index is 5.69. The lowest BCUT2D eigenvalue weighted by atomic mass is 9.98. The summed E-state index contributed by atoms with van der Waals surface area (Å²) in [6.07, 6.45) is 5.71. The number of nitrogens with two attached hydrogens (primary N) is 1. The van der Waals surface area contributed by atoms with E-state index in [9.17, 15) is 0 Å². The molecule has 1 saturated heterocycles. The Morgan fingerprint density at radius 1 is 1.28 bits per heavy atom. The van der Waals surface area contributed by atoms with Gasteiger partial charge in [0.05, 0.1) is 0 Å². The molecule has 0 aromatic carbocycles. The zero-order valence-corrected chi connectivity index (χ0v) is 11.2. The van der Waals surface area contributed by atoms with Crippen molar-refractivity contribution >= 4 is 17.4 Å². The van der Waals surface area contributed by atoms with Crippen LogP contribution in [-0.2, 0) is 13.0 Å². The predicted octanol–water partition coefficient (Wildman–Crippen LogP) is 1.87. The Kier molecular flexibility index (Phi) is 3.52. The van der Waals surface area contributed by atoms with Crippen molar-refractivity contribution < 1.29 is 0 Å². The molecule has 96 valence electrons. The smallest absolute Gasteiger partial charge is 0.160 e. The summed E-state index contributed by atoms with van der Waals surface area (Å²) in [5.74, 6) is 4.42. The van der Waals surface area contributed by atoms with Gasteiger partial charge in [-0.15, -0.1) is 10.2 Å². The highest BCUT2D eigenvalue weighted by Crippen LogP contribution is 2.25. The van der Waals surface area contributed by atoms with Crippen LogP contribution in [0.25, 0.3) is 5.65 Å². The van der Waals surface area contributed by atoms with Gasteiger partial charge in [-0.25, -0.2) is 0 Å². The molecule has 0 radical (unpaired) electrons. The van der Waals surface area contributed by atoms with Crippen LogP contribution >= 0.6 is 11.8 Å². The van der Waals surface area contributed by atoms with Gasteiger partial charge in [0.25, 0.3) is 0 Å². The lowest BCUT2D eigenvalue weighted by Gasteiger charge is -2.20. The third-order valence-electron chi connectivity index (χ3n) is 3.58. The van der Waals surface area contributed by atoms with Crippen LogP contribution < -0.4 is 5.73 Å². The van der Waals surface area contributed by atoms with Crippen molar-refractivity contribution in [3.63, 3.8) is 0 Å². The van der Waals surface area contributed by atoms with Crippen molar-refractivity contribution in [1.82, 2.24) is 14.6 Å². The number of thioether (sulfide) groups is 1. The monoisotopic (exact) mass is 262 g/mol. The molecule has 1 aliphatic rings. The molecule has 1 aliphatic heterocycles. The zero-order chi connectivity index (χ0) is 12.4. The first-order valence-corrected chi connectivity index (χ1v) is 7.62. The van der Waals surface area contributed by atoms with Crippen LogP contribution in [0.15, 0.2) is 18.3 Å².